The third kappa shape index (κ3) is 2.57. The Hall–Kier alpha value is -0.360. The molecule has 1 aromatic rings. The van der Waals surface area contributed by atoms with Gasteiger partial charge < -0.3 is 0 Å². The van der Waals surface area contributed by atoms with Crippen molar-refractivity contribution in [3.63, 3.8) is 0 Å². The zero-order valence-electron chi connectivity index (χ0n) is 7.06. The van der Waals surface area contributed by atoms with Gasteiger partial charge in [0.25, 0.3) is 0 Å². The Morgan fingerprint density at radius 1 is 1.36 bits per heavy atom. The fourth-order valence-electron chi connectivity index (χ4n) is 0.900. The molecule has 0 saturated heterocycles. The summed E-state index contributed by atoms with van der Waals surface area (Å²) in [5.41, 5.74) is -0.801. The van der Waals surface area contributed by atoms with E-state index in [9.17, 15) is 17.4 Å². The Labute approximate surface area is 89.9 Å². The molecular weight excluding hydrogens is 281 g/mol. The van der Waals surface area contributed by atoms with Crippen LogP contribution in [0, 0.1) is 0 Å². The zero-order valence-corrected chi connectivity index (χ0v) is 9.46. The fourth-order valence-corrected chi connectivity index (χ4v) is 1.92. The first-order valence-corrected chi connectivity index (χ1v) is 5.87. The highest BCUT2D eigenvalue weighted by atomic mass is 79.9. The molecule has 1 aromatic carbocycles. The van der Waals surface area contributed by atoms with E-state index in [1.807, 2.05) is 0 Å². The number of hydrogen-bond acceptors (Lipinski definition) is 1. The molecule has 1 unspecified atom stereocenters. The second kappa shape index (κ2) is 4.02. The van der Waals surface area contributed by atoms with E-state index in [-0.39, 0.29) is 9.37 Å². The molecule has 1 atom stereocenters. The number of halogens is 4. The molecule has 0 radical (unpaired) electrons. The lowest BCUT2D eigenvalue weighted by Crippen LogP contribution is -2.06. The minimum atomic E-state index is -4.42. The molecule has 0 aliphatic rings. The van der Waals surface area contributed by atoms with E-state index in [4.69, 9.17) is 0 Å². The Kier molecular flexibility index (Phi) is 3.36. The molecule has 1 nitrogen and oxygen atoms in total. The maximum Gasteiger partial charge on any atom is 0.417 e. The molecule has 14 heavy (non-hydrogen) atoms. The van der Waals surface area contributed by atoms with Crippen LogP contribution in [0.1, 0.15) is 5.56 Å². The van der Waals surface area contributed by atoms with Crippen molar-refractivity contribution in [2.24, 2.45) is 0 Å². The van der Waals surface area contributed by atoms with E-state index in [0.717, 1.165) is 6.07 Å². The standard InChI is InChI=1S/C8H6BrF3OS/c1-14(13)5-2-3-7(9)6(4-5)8(10,11)12/h2-4H,1H3. The highest BCUT2D eigenvalue weighted by Crippen LogP contribution is 2.35. The van der Waals surface area contributed by atoms with Gasteiger partial charge in [0.15, 0.2) is 0 Å². The van der Waals surface area contributed by atoms with Crippen molar-refractivity contribution in [2.75, 3.05) is 6.26 Å². The van der Waals surface area contributed by atoms with E-state index < -0.39 is 22.5 Å². The predicted octanol–water partition coefficient (Wildman–Crippen LogP) is 3.21. The lowest BCUT2D eigenvalue weighted by molar-refractivity contribution is -0.138. The SMILES string of the molecule is CS(=O)c1ccc(Br)c(C(F)(F)F)c1. The quantitative estimate of drug-likeness (QED) is 0.775. The van der Waals surface area contributed by atoms with E-state index >= 15 is 0 Å². The van der Waals surface area contributed by atoms with Crippen LogP contribution in [0.25, 0.3) is 0 Å². The summed E-state index contributed by atoms with van der Waals surface area (Å²) in [4.78, 5) is 0.167. The summed E-state index contributed by atoms with van der Waals surface area (Å²) < 4.78 is 48.0. The molecule has 0 spiro atoms. The van der Waals surface area contributed by atoms with Gasteiger partial charge in [-0.3, -0.25) is 4.21 Å². The molecule has 0 heterocycles. The number of rotatable bonds is 1. The first kappa shape index (κ1) is 11.7. The van der Waals surface area contributed by atoms with Crippen molar-refractivity contribution >= 4 is 26.7 Å². The summed E-state index contributed by atoms with van der Waals surface area (Å²) in [5, 5.41) is 0. The molecule has 0 saturated carbocycles. The lowest BCUT2D eigenvalue weighted by Gasteiger charge is -2.09. The van der Waals surface area contributed by atoms with Crippen LogP contribution >= 0.6 is 15.9 Å². The van der Waals surface area contributed by atoms with Gasteiger partial charge in [-0.1, -0.05) is 15.9 Å². The number of hydrogen-bond donors (Lipinski definition) is 0. The minimum absolute atomic E-state index is 0.0424. The number of alkyl halides is 3. The Bertz CT molecular complexity index is 375. The van der Waals surface area contributed by atoms with Gasteiger partial charge in [-0.25, -0.2) is 0 Å². The molecule has 0 fully saturated rings. The van der Waals surface area contributed by atoms with Crippen molar-refractivity contribution in [1.29, 1.82) is 0 Å². The average Bonchev–Trinajstić information content (AvgIpc) is 2.02. The summed E-state index contributed by atoms with van der Waals surface area (Å²) in [6, 6.07) is 3.54. The minimum Gasteiger partial charge on any atom is -0.255 e. The second-order valence-corrected chi connectivity index (χ2v) is 4.83. The largest absolute Gasteiger partial charge is 0.417 e. The van der Waals surface area contributed by atoms with Crippen LogP contribution in [0.4, 0.5) is 13.2 Å². The van der Waals surface area contributed by atoms with Crippen LogP contribution in [0.2, 0.25) is 0 Å². The molecule has 0 bridgehead atoms. The van der Waals surface area contributed by atoms with Crippen molar-refractivity contribution in [1.82, 2.24) is 0 Å². The summed E-state index contributed by atoms with van der Waals surface area (Å²) >= 11 is 2.80. The van der Waals surface area contributed by atoms with Crippen LogP contribution in [-0.2, 0) is 17.0 Å². The molecule has 0 N–H and O–H groups in total. The van der Waals surface area contributed by atoms with Crippen molar-refractivity contribution in [3.8, 4) is 0 Å². The molecule has 0 aromatic heterocycles. The third-order valence-electron chi connectivity index (χ3n) is 1.58. The van der Waals surface area contributed by atoms with Gasteiger partial charge in [0.2, 0.25) is 0 Å². The van der Waals surface area contributed by atoms with Gasteiger partial charge in [0.05, 0.1) is 5.56 Å². The first-order valence-electron chi connectivity index (χ1n) is 3.52. The third-order valence-corrected chi connectivity index (χ3v) is 3.18. The Balaban J connectivity index is 3.29. The maximum atomic E-state index is 12.4. The van der Waals surface area contributed by atoms with Crippen molar-refractivity contribution < 1.29 is 17.4 Å². The summed E-state index contributed by atoms with van der Waals surface area (Å²) in [5.74, 6) is 0. The Morgan fingerprint density at radius 3 is 2.36 bits per heavy atom. The van der Waals surface area contributed by atoms with Crippen molar-refractivity contribution in [3.05, 3.63) is 28.2 Å². The van der Waals surface area contributed by atoms with Crippen LogP contribution in [0.3, 0.4) is 0 Å². The first-order chi connectivity index (χ1) is 6.32. The van der Waals surface area contributed by atoms with E-state index in [0.29, 0.717) is 0 Å². The molecule has 78 valence electrons. The second-order valence-electron chi connectivity index (χ2n) is 2.59. The fraction of sp³-hybridized carbons (Fsp3) is 0.250. The maximum absolute atomic E-state index is 12.4. The van der Waals surface area contributed by atoms with Crippen molar-refractivity contribution in [2.45, 2.75) is 11.1 Å². The van der Waals surface area contributed by atoms with Crippen LogP contribution in [0.15, 0.2) is 27.6 Å². The molecule has 0 aliphatic heterocycles. The summed E-state index contributed by atoms with van der Waals surface area (Å²) in [6.07, 6.45) is -3.09. The van der Waals surface area contributed by atoms with Crippen LogP contribution in [-0.4, -0.2) is 10.5 Å². The smallest absolute Gasteiger partial charge is 0.255 e. The van der Waals surface area contributed by atoms with Gasteiger partial charge >= 0.3 is 6.18 Å². The van der Waals surface area contributed by atoms with E-state index in [2.05, 4.69) is 15.9 Å². The monoisotopic (exact) mass is 286 g/mol. The van der Waals surface area contributed by atoms with Crippen LogP contribution in [0.5, 0.6) is 0 Å². The Morgan fingerprint density at radius 2 is 1.93 bits per heavy atom. The average molecular weight is 287 g/mol. The van der Waals surface area contributed by atoms with Gasteiger partial charge in [-0.05, 0) is 18.2 Å². The van der Waals surface area contributed by atoms with Gasteiger partial charge in [-0.15, -0.1) is 0 Å². The predicted molar refractivity (Wildman–Crippen MR) is 51.5 cm³/mol. The van der Waals surface area contributed by atoms with E-state index in [1.54, 1.807) is 0 Å². The normalized spacial score (nSPS) is 14.1. The molecular formula is C8H6BrF3OS. The summed E-state index contributed by atoms with van der Waals surface area (Å²) in [6.45, 7) is 0. The van der Waals surface area contributed by atoms with Crippen LogP contribution < -0.4 is 0 Å². The topological polar surface area (TPSA) is 17.1 Å². The lowest BCUT2D eigenvalue weighted by atomic mass is 10.2. The molecule has 0 amide bonds. The summed E-state index contributed by atoms with van der Waals surface area (Å²) in [7, 11) is -1.40. The number of benzene rings is 1. The molecule has 6 heteroatoms. The molecule has 0 aliphatic carbocycles. The highest BCUT2D eigenvalue weighted by molar-refractivity contribution is 9.10. The van der Waals surface area contributed by atoms with E-state index in [1.165, 1.54) is 18.4 Å². The van der Waals surface area contributed by atoms with Gasteiger partial charge in [-0.2, -0.15) is 13.2 Å². The molecule has 1 rings (SSSR count). The van der Waals surface area contributed by atoms with Gasteiger partial charge in [0.1, 0.15) is 0 Å². The van der Waals surface area contributed by atoms with Gasteiger partial charge in [0, 0.05) is 26.4 Å². The highest BCUT2D eigenvalue weighted by Gasteiger charge is 2.33. The zero-order chi connectivity index (χ0) is 10.9.